The first-order valence-electron chi connectivity index (χ1n) is 2.86. The molecule has 0 unspecified atom stereocenters. The minimum atomic E-state index is 0.456. The largest absolute Gasteiger partial charge is 0.398 e. The van der Waals surface area contributed by atoms with Crippen LogP contribution in [0.5, 0.6) is 0 Å². The molecular formula is C6H4B2INS. The van der Waals surface area contributed by atoms with E-state index in [4.69, 9.17) is 21.4 Å². The van der Waals surface area contributed by atoms with Crippen molar-refractivity contribution in [2.45, 2.75) is 4.90 Å². The summed E-state index contributed by atoms with van der Waals surface area (Å²) < 4.78 is 0.857. The highest BCUT2D eigenvalue weighted by Gasteiger charge is 2.04. The Balaban J connectivity index is 3.46. The Morgan fingerprint density at radius 2 is 1.91 bits per heavy atom. The third-order valence-corrected chi connectivity index (χ3v) is 2.75. The van der Waals surface area contributed by atoms with Gasteiger partial charge in [-0.25, -0.2) is 0 Å². The molecule has 2 N–H and O–H groups in total. The van der Waals surface area contributed by atoms with E-state index < -0.39 is 0 Å². The van der Waals surface area contributed by atoms with Crippen LogP contribution in [-0.2, 0) is 0 Å². The van der Waals surface area contributed by atoms with Gasteiger partial charge in [0.1, 0.15) is 15.7 Å². The van der Waals surface area contributed by atoms with Crippen molar-refractivity contribution in [2.24, 2.45) is 0 Å². The molecule has 1 aromatic rings. The third kappa shape index (κ3) is 1.69. The molecule has 0 aliphatic rings. The van der Waals surface area contributed by atoms with Crippen molar-refractivity contribution in [3.8, 4) is 0 Å². The van der Waals surface area contributed by atoms with E-state index in [-0.39, 0.29) is 0 Å². The lowest BCUT2D eigenvalue weighted by Gasteiger charge is -2.09. The minimum absolute atomic E-state index is 0.456. The fourth-order valence-corrected chi connectivity index (χ4v) is 1.51. The molecule has 0 amide bonds. The standard InChI is InChI=1S/C6H4B2INS/c7-4-2(9)1-3(10)6(11)5(4)8/h1,11H,10H2. The average molecular weight is 271 g/mol. The number of halogens is 1. The van der Waals surface area contributed by atoms with Crippen molar-refractivity contribution in [1.82, 2.24) is 0 Å². The first-order valence-corrected chi connectivity index (χ1v) is 4.38. The lowest BCUT2D eigenvalue weighted by molar-refractivity contribution is 1.53. The van der Waals surface area contributed by atoms with Crippen LogP contribution >= 0.6 is 35.2 Å². The Morgan fingerprint density at radius 3 is 2.45 bits per heavy atom. The van der Waals surface area contributed by atoms with Crippen LogP contribution in [0.15, 0.2) is 11.0 Å². The highest BCUT2D eigenvalue weighted by Crippen LogP contribution is 2.14. The lowest BCUT2D eigenvalue weighted by Crippen LogP contribution is -2.30. The van der Waals surface area contributed by atoms with Gasteiger partial charge in [0.2, 0.25) is 0 Å². The summed E-state index contributed by atoms with van der Waals surface area (Å²) in [4.78, 5) is 0.558. The zero-order chi connectivity index (χ0) is 8.59. The van der Waals surface area contributed by atoms with Gasteiger partial charge in [0.15, 0.2) is 0 Å². The molecule has 0 saturated carbocycles. The topological polar surface area (TPSA) is 26.0 Å². The summed E-state index contributed by atoms with van der Waals surface area (Å²) in [6, 6.07) is 1.74. The maximum atomic E-state index is 5.61. The zero-order valence-electron chi connectivity index (χ0n) is 5.63. The molecule has 0 spiro atoms. The predicted octanol–water partition coefficient (Wildman–Crippen LogP) is -0.250. The van der Waals surface area contributed by atoms with Gasteiger partial charge in [0.05, 0.1) is 0 Å². The summed E-state index contributed by atoms with van der Waals surface area (Å²) in [5.41, 5.74) is 7.14. The molecule has 0 aliphatic carbocycles. The van der Waals surface area contributed by atoms with Crippen molar-refractivity contribution < 1.29 is 0 Å². The van der Waals surface area contributed by atoms with E-state index in [9.17, 15) is 0 Å². The van der Waals surface area contributed by atoms with Crippen molar-refractivity contribution >= 4 is 67.5 Å². The molecular weight excluding hydrogens is 267 g/mol. The Labute approximate surface area is 87.5 Å². The fourth-order valence-electron chi connectivity index (χ4n) is 0.694. The summed E-state index contributed by atoms with van der Waals surface area (Å²) in [5, 5.41) is 0. The van der Waals surface area contributed by atoms with Crippen LogP contribution in [0.3, 0.4) is 0 Å². The normalized spacial score (nSPS) is 10.0. The summed E-state index contributed by atoms with van der Waals surface area (Å²) in [6.07, 6.45) is 0. The molecule has 0 atom stereocenters. The Hall–Kier alpha value is 0.230. The molecule has 1 nitrogen and oxygen atoms in total. The van der Waals surface area contributed by atoms with E-state index in [1.54, 1.807) is 6.07 Å². The van der Waals surface area contributed by atoms with Gasteiger partial charge in [-0.2, -0.15) is 0 Å². The van der Waals surface area contributed by atoms with E-state index in [1.807, 2.05) is 0 Å². The summed E-state index contributed by atoms with van der Waals surface area (Å²) >= 11 is 6.17. The number of nitrogen functional groups attached to an aromatic ring is 1. The lowest BCUT2D eigenvalue weighted by atomic mass is 9.80. The highest BCUT2D eigenvalue weighted by molar-refractivity contribution is 14.1. The van der Waals surface area contributed by atoms with Gasteiger partial charge in [-0.15, -0.1) is 12.6 Å². The van der Waals surface area contributed by atoms with E-state index >= 15 is 0 Å². The Morgan fingerprint density at radius 1 is 1.36 bits per heavy atom. The number of hydrogen-bond donors (Lipinski definition) is 2. The second kappa shape index (κ2) is 3.31. The van der Waals surface area contributed by atoms with Gasteiger partial charge in [0, 0.05) is 14.2 Å². The van der Waals surface area contributed by atoms with Crippen molar-refractivity contribution in [3.63, 3.8) is 0 Å². The number of hydrogen-bond acceptors (Lipinski definition) is 2. The molecule has 0 heterocycles. The second-order valence-corrected chi connectivity index (χ2v) is 3.73. The fraction of sp³-hybridized carbons (Fsp3) is 0. The van der Waals surface area contributed by atoms with Gasteiger partial charge in [-0.3, -0.25) is 0 Å². The average Bonchev–Trinajstić information content (AvgIpc) is 1.97. The monoisotopic (exact) mass is 271 g/mol. The Kier molecular flexibility index (Phi) is 2.80. The van der Waals surface area contributed by atoms with Crippen molar-refractivity contribution in [3.05, 3.63) is 9.64 Å². The summed E-state index contributed by atoms with van der Waals surface area (Å²) in [6.45, 7) is 0. The van der Waals surface area contributed by atoms with Crippen molar-refractivity contribution in [2.75, 3.05) is 5.73 Å². The molecule has 0 bridgehead atoms. The van der Waals surface area contributed by atoms with Crippen LogP contribution in [0.1, 0.15) is 0 Å². The molecule has 5 heteroatoms. The summed E-state index contributed by atoms with van der Waals surface area (Å²) in [5.74, 6) is 0. The zero-order valence-corrected chi connectivity index (χ0v) is 8.69. The van der Waals surface area contributed by atoms with E-state index in [1.165, 1.54) is 0 Å². The van der Waals surface area contributed by atoms with Gasteiger partial charge in [0.25, 0.3) is 0 Å². The van der Waals surface area contributed by atoms with Gasteiger partial charge in [-0.1, -0.05) is 10.9 Å². The quantitative estimate of drug-likeness (QED) is 0.289. The number of rotatable bonds is 0. The Bertz CT molecular complexity index is 277. The molecule has 1 rings (SSSR count). The second-order valence-electron chi connectivity index (χ2n) is 2.12. The smallest absolute Gasteiger partial charge is 0.114 e. The first-order chi connectivity index (χ1) is 5.04. The number of anilines is 1. The maximum Gasteiger partial charge on any atom is 0.114 e. The number of thiol groups is 1. The number of nitrogens with two attached hydrogens (primary N) is 1. The van der Waals surface area contributed by atoms with Crippen LogP contribution in [-0.4, -0.2) is 15.7 Å². The molecule has 0 fully saturated rings. The van der Waals surface area contributed by atoms with E-state index in [2.05, 4.69) is 35.2 Å². The first kappa shape index (κ1) is 9.32. The molecule has 1 aromatic carbocycles. The van der Waals surface area contributed by atoms with Crippen LogP contribution in [0, 0.1) is 3.57 Å². The predicted molar refractivity (Wildman–Crippen MR) is 61.6 cm³/mol. The highest BCUT2D eigenvalue weighted by atomic mass is 127. The van der Waals surface area contributed by atoms with E-state index in [0.717, 1.165) is 3.57 Å². The maximum absolute atomic E-state index is 5.61. The molecule has 4 radical (unpaired) electrons. The molecule has 52 valence electrons. The van der Waals surface area contributed by atoms with Crippen LogP contribution in [0.4, 0.5) is 5.69 Å². The number of benzene rings is 1. The minimum Gasteiger partial charge on any atom is -0.398 e. The molecule has 0 saturated heterocycles. The van der Waals surface area contributed by atoms with Gasteiger partial charge >= 0.3 is 0 Å². The van der Waals surface area contributed by atoms with Crippen LogP contribution in [0.2, 0.25) is 0 Å². The van der Waals surface area contributed by atoms with Gasteiger partial charge < -0.3 is 5.73 Å². The van der Waals surface area contributed by atoms with E-state index in [0.29, 0.717) is 21.5 Å². The summed E-state index contributed by atoms with van der Waals surface area (Å²) in [7, 11) is 11.2. The van der Waals surface area contributed by atoms with Crippen molar-refractivity contribution in [1.29, 1.82) is 0 Å². The SMILES string of the molecule is [B]c1c(I)cc(N)c(S)c1[B]. The molecule has 11 heavy (non-hydrogen) atoms. The third-order valence-electron chi connectivity index (χ3n) is 1.36. The molecule has 0 aliphatic heterocycles. The van der Waals surface area contributed by atoms with Gasteiger partial charge in [-0.05, 0) is 28.7 Å². The van der Waals surface area contributed by atoms with Crippen LogP contribution < -0.4 is 16.7 Å². The molecule has 0 aromatic heterocycles. The van der Waals surface area contributed by atoms with Crippen LogP contribution in [0.25, 0.3) is 0 Å².